The lowest BCUT2D eigenvalue weighted by molar-refractivity contribution is 0.477. The molecule has 0 saturated carbocycles. The first-order valence-electron chi connectivity index (χ1n) is 5.51. The van der Waals surface area contributed by atoms with Crippen LogP contribution in [0.1, 0.15) is 26.7 Å². The zero-order valence-corrected chi connectivity index (χ0v) is 10.8. The van der Waals surface area contributed by atoms with Crippen molar-refractivity contribution in [2.45, 2.75) is 37.6 Å². The second-order valence-electron chi connectivity index (χ2n) is 3.86. The molecule has 0 heterocycles. The molecule has 1 aromatic rings. The number of phenols is 1. The molecule has 0 amide bonds. The lowest BCUT2D eigenvalue weighted by atomic mass is 10.2. The van der Waals surface area contributed by atoms with Crippen molar-refractivity contribution in [1.82, 2.24) is 4.72 Å². The fourth-order valence-corrected chi connectivity index (χ4v) is 2.88. The maximum Gasteiger partial charge on any atom is 0.240 e. The number of hydrogen-bond donors (Lipinski definition) is 3. The third-order valence-electron chi connectivity index (χ3n) is 2.62. The third-order valence-corrected chi connectivity index (χ3v) is 4.13. The van der Waals surface area contributed by atoms with Crippen molar-refractivity contribution in [3.63, 3.8) is 0 Å². The van der Waals surface area contributed by atoms with Crippen molar-refractivity contribution in [2.24, 2.45) is 0 Å². The summed E-state index contributed by atoms with van der Waals surface area (Å²) in [7, 11) is -3.56. The number of hydrogen-bond acceptors (Lipinski definition) is 4. The van der Waals surface area contributed by atoms with Crippen molar-refractivity contribution in [2.75, 3.05) is 5.73 Å². The van der Waals surface area contributed by atoms with Crippen molar-refractivity contribution in [3.8, 4) is 5.75 Å². The molecule has 0 unspecified atom stereocenters. The average Bonchev–Trinajstić information content (AvgIpc) is 2.29. The van der Waals surface area contributed by atoms with E-state index in [0.717, 1.165) is 12.8 Å². The van der Waals surface area contributed by atoms with Gasteiger partial charge in [-0.05, 0) is 31.0 Å². The van der Waals surface area contributed by atoms with Gasteiger partial charge in [0.25, 0.3) is 0 Å². The van der Waals surface area contributed by atoms with Gasteiger partial charge in [-0.3, -0.25) is 0 Å². The summed E-state index contributed by atoms with van der Waals surface area (Å²) in [5, 5.41) is 9.24. The van der Waals surface area contributed by atoms with Crippen molar-refractivity contribution in [1.29, 1.82) is 0 Å². The highest BCUT2D eigenvalue weighted by atomic mass is 32.2. The normalized spacial score (nSPS) is 11.9. The van der Waals surface area contributed by atoms with Gasteiger partial charge in [0, 0.05) is 6.04 Å². The van der Waals surface area contributed by atoms with Crippen LogP contribution < -0.4 is 10.5 Å². The highest BCUT2D eigenvalue weighted by molar-refractivity contribution is 7.89. The van der Waals surface area contributed by atoms with E-state index >= 15 is 0 Å². The van der Waals surface area contributed by atoms with Crippen LogP contribution >= 0.6 is 0 Å². The van der Waals surface area contributed by atoms with Gasteiger partial charge in [-0.1, -0.05) is 13.8 Å². The predicted octanol–water partition coefficient (Wildman–Crippen LogP) is 1.44. The summed E-state index contributed by atoms with van der Waals surface area (Å²) >= 11 is 0. The van der Waals surface area contributed by atoms with Gasteiger partial charge in [0.15, 0.2) is 0 Å². The molecule has 0 fully saturated rings. The highest BCUT2D eigenvalue weighted by Crippen LogP contribution is 2.23. The number of phenolic OH excluding ortho intramolecular Hbond substituents is 1. The van der Waals surface area contributed by atoms with Gasteiger partial charge in [0.05, 0.1) is 10.6 Å². The highest BCUT2D eigenvalue weighted by Gasteiger charge is 2.18. The minimum atomic E-state index is -3.56. The number of nitrogens with one attached hydrogen (secondary N) is 1. The number of nitrogens with two attached hydrogens (primary N) is 1. The van der Waals surface area contributed by atoms with Crippen molar-refractivity contribution >= 4 is 15.7 Å². The Balaban J connectivity index is 3.01. The van der Waals surface area contributed by atoms with Gasteiger partial charge >= 0.3 is 0 Å². The number of nitrogen functional groups attached to an aromatic ring is 1. The maximum absolute atomic E-state index is 12.0. The number of anilines is 1. The van der Waals surface area contributed by atoms with E-state index in [1.807, 2.05) is 13.8 Å². The molecule has 6 heteroatoms. The summed E-state index contributed by atoms with van der Waals surface area (Å²) in [5.41, 5.74) is 5.52. The zero-order chi connectivity index (χ0) is 13.1. The predicted molar refractivity (Wildman–Crippen MR) is 67.2 cm³/mol. The molecule has 0 aliphatic rings. The van der Waals surface area contributed by atoms with Crippen LogP contribution in [-0.4, -0.2) is 19.6 Å². The Kier molecular flexibility index (Phi) is 4.36. The van der Waals surface area contributed by atoms with Gasteiger partial charge < -0.3 is 10.8 Å². The first kappa shape index (κ1) is 13.8. The molecule has 0 bridgehead atoms. The summed E-state index contributed by atoms with van der Waals surface area (Å²) in [6.07, 6.45) is 1.45. The molecule has 0 aromatic heterocycles. The smallest absolute Gasteiger partial charge is 0.240 e. The van der Waals surface area contributed by atoms with Gasteiger partial charge in [0.2, 0.25) is 10.0 Å². The maximum atomic E-state index is 12.0. The molecular weight excluding hydrogens is 240 g/mol. The van der Waals surface area contributed by atoms with Crippen LogP contribution in [0.25, 0.3) is 0 Å². The molecular formula is C11H18N2O3S. The molecule has 96 valence electrons. The average molecular weight is 258 g/mol. The quantitative estimate of drug-likeness (QED) is 0.550. The summed E-state index contributed by atoms with van der Waals surface area (Å²) in [5.74, 6) is -0.119. The van der Waals surface area contributed by atoms with E-state index in [2.05, 4.69) is 4.72 Å². The van der Waals surface area contributed by atoms with Crippen LogP contribution in [0.2, 0.25) is 0 Å². The van der Waals surface area contributed by atoms with Crippen LogP contribution in [0.4, 0.5) is 5.69 Å². The van der Waals surface area contributed by atoms with Crippen LogP contribution in [0.5, 0.6) is 5.75 Å². The van der Waals surface area contributed by atoms with Gasteiger partial charge in [0.1, 0.15) is 5.75 Å². The fraction of sp³-hybridized carbons (Fsp3) is 0.455. The molecule has 4 N–H and O–H groups in total. The van der Waals surface area contributed by atoms with E-state index in [-0.39, 0.29) is 22.4 Å². The first-order valence-corrected chi connectivity index (χ1v) is 6.99. The molecule has 17 heavy (non-hydrogen) atoms. The molecule has 0 aliphatic heterocycles. The van der Waals surface area contributed by atoms with Crippen molar-refractivity contribution in [3.05, 3.63) is 18.2 Å². The number of rotatable bonds is 5. The van der Waals surface area contributed by atoms with Crippen LogP contribution in [0.3, 0.4) is 0 Å². The van der Waals surface area contributed by atoms with Gasteiger partial charge in [-0.25, -0.2) is 13.1 Å². The second kappa shape index (κ2) is 5.37. The van der Waals surface area contributed by atoms with Crippen LogP contribution in [0, 0.1) is 0 Å². The Bertz CT molecular complexity index is 481. The molecule has 1 rings (SSSR count). The Morgan fingerprint density at radius 3 is 2.41 bits per heavy atom. The molecule has 0 spiro atoms. The third kappa shape index (κ3) is 3.34. The lowest BCUT2D eigenvalue weighted by Crippen LogP contribution is -2.33. The minimum Gasteiger partial charge on any atom is -0.506 e. The van der Waals surface area contributed by atoms with Gasteiger partial charge in [-0.2, -0.15) is 0 Å². The Labute approximate surface area is 102 Å². The Morgan fingerprint density at radius 1 is 1.35 bits per heavy atom. The molecule has 1 aromatic carbocycles. The largest absolute Gasteiger partial charge is 0.506 e. The number of sulfonamides is 1. The topological polar surface area (TPSA) is 92.4 Å². The Morgan fingerprint density at radius 2 is 1.94 bits per heavy atom. The summed E-state index contributed by atoms with van der Waals surface area (Å²) in [6.45, 7) is 3.84. The Hall–Kier alpha value is -1.27. The minimum absolute atomic E-state index is 0.0532. The fourth-order valence-electron chi connectivity index (χ4n) is 1.44. The van der Waals surface area contributed by atoms with E-state index in [9.17, 15) is 13.5 Å². The van der Waals surface area contributed by atoms with E-state index in [4.69, 9.17) is 5.73 Å². The summed E-state index contributed by atoms with van der Waals surface area (Å²) in [4.78, 5) is 0.0692. The van der Waals surface area contributed by atoms with Crippen molar-refractivity contribution < 1.29 is 13.5 Å². The van der Waals surface area contributed by atoms with Gasteiger partial charge in [-0.15, -0.1) is 0 Å². The lowest BCUT2D eigenvalue weighted by Gasteiger charge is -2.15. The molecule has 0 radical (unpaired) electrons. The standard InChI is InChI=1S/C11H18N2O3S/c1-3-8(4-2)13-17(15,16)9-5-6-11(14)10(12)7-9/h5-8,13-14H,3-4,12H2,1-2H3. The first-order chi connectivity index (χ1) is 7.90. The number of benzene rings is 1. The summed E-state index contributed by atoms with van der Waals surface area (Å²) in [6, 6.07) is 3.77. The molecule has 5 nitrogen and oxygen atoms in total. The van der Waals surface area contributed by atoms with Crippen LogP contribution in [0.15, 0.2) is 23.1 Å². The SMILES string of the molecule is CCC(CC)NS(=O)(=O)c1ccc(O)c(N)c1. The van der Waals surface area contributed by atoms with E-state index < -0.39 is 10.0 Å². The molecule has 0 saturated heterocycles. The molecule has 0 aliphatic carbocycles. The second-order valence-corrected chi connectivity index (χ2v) is 5.57. The molecule has 0 atom stereocenters. The monoisotopic (exact) mass is 258 g/mol. The summed E-state index contributed by atoms with van der Waals surface area (Å²) < 4.78 is 26.5. The van der Waals surface area contributed by atoms with E-state index in [1.165, 1.54) is 18.2 Å². The zero-order valence-electron chi connectivity index (χ0n) is 9.97. The van der Waals surface area contributed by atoms with Crippen LogP contribution in [-0.2, 0) is 10.0 Å². The van der Waals surface area contributed by atoms with E-state index in [0.29, 0.717) is 0 Å². The van der Waals surface area contributed by atoms with E-state index in [1.54, 1.807) is 0 Å². The number of aromatic hydroxyl groups is 1.